The maximum Gasteiger partial charge on any atom is 0.243 e. The number of carbonyl (C=O) groups excluding carboxylic acids is 2. The lowest BCUT2D eigenvalue weighted by molar-refractivity contribution is -0.117. The minimum Gasteiger partial charge on any atom is -0.382 e. The molecule has 0 fully saturated rings. The molecule has 0 bridgehead atoms. The van der Waals surface area contributed by atoms with Crippen molar-refractivity contribution in [2.24, 2.45) is 5.41 Å². The molecule has 0 atom stereocenters. The first-order valence-electron chi connectivity index (χ1n) is 9.06. The number of carbonyl (C=O) groups is 2. The third-order valence-electron chi connectivity index (χ3n) is 3.87. The van der Waals surface area contributed by atoms with E-state index in [1.807, 2.05) is 6.92 Å². The molecule has 156 valence electrons. The van der Waals surface area contributed by atoms with E-state index in [9.17, 15) is 9.59 Å². The summed E-state index contributed by atoms with van der Waals surface area (Å²) in [6, 6.07) is 0. The predicted octanol–water partition coefficient (Wildman–Crippen LogP) is 0.683. The van der Waals surface area contributed by atoms with Gasteiger partial charge in [-0.05, 0) is 18.6 Å². The molecule has 27 heavy (non-hydrogen) atoms. The molecule has 0 aliphatic carbocycles. The van der Waals surface area contributed by atoms with E-state index in [-0.39, 0.29) is 17.2 Å². The zero-order valence-corrected chi connectivity index (χ0v) is 16.6. The minimum atomic E-state index is -0.321. The van der Waals surface area contributed by atoms with Crippen LogP contribution in [0, 0.1) is 5.41 Å². The average molecular weight is 386 g/mol. The highest BCUT2D eigenvalue weighted by Gasteiger charge is 2.29. The maximum atomic E-state index is 11.1. The Bertz CT molecular complexity index is 412. The summed E-state index contributed by atoms with van der Waals surface area (Å²) in [6.45, 7) is 12.8. The SMILES string of the molecule is C=CC(=O)NCCOCC(CC)(COCCNC(=O)C=C)COCCOC. The van der Waals surface area contributed by atoms with Crippen LogP contribution in [0.2, 0.25) is 0 Å². The van der Waals surface area contributed by atoms with Gasteiger partial charge < -0.3 is 29.6 Å². The molecular formula is C19H34N2O6. The number of hydrogen-bond donors (Lipinski definition) is 2. The van der Waals surface area contributed by atoms with Gasteiger partial charge in [0.1, 0.15) is 0 Å². The zero-order chi connectivity index (χ0) is 20.4. The summed E-state index contributed by atoms with van der Waals surface area (Å²) in [7, 11) is 1.62. The van der Waals surface area contributed by atoms with Crippen molar-refractivity contribution in [1.82, 2.24) is 10.6 Å². The van der Waals surface area contributed by atoms with Crippen LogP contribution < -0.4 is 10.6 Å². The third-order valence-corrected chi connectivity index (χ3v) is 3.87. The van der Waals surface area contributed by atoms with Crippen molar-refractivity contribution in [2.75, 3.05) is 66.4 Å². The summed E-state index contributed by atoms with van der Waals surface area (Å²) >= 11 is 0. The lowest BCUT2D eigenvalue weighted by Crippen LogP contribution is -2.39. The van der Waals surface area contributed by atoms with Gasteiger partial charge in [0, 0.05) is 25.6 Å². The molecular weight excluding hydrogens is 352 g/mol. The second-order valence-electron chi connectivity index (χ2n) is 5.99. The molecule has 8 nitrogen and oxygen atoms in total. The number of rotatable bonds is 18. The molecule has 2 N–H and O–H groups in total. The number of methoxy groups -OCH3 is 1. The Balaban J connectivity index is 4.39. The Labute approximate surface area is 162 Å². The fraction of sp³-hybridized carbons (Fsp3) is 0.684. The second kappa shape index (κ2) is 16.4. The molecule has 0 heterocycles. The van der Waals surface area contributed by atoms with Gasteiger partial charge in [-0.15, -0.1) is 0 Å². The fourth-order valence-corrected chi connectivity index (χ4v) is 2.08. The Morgan fingerprint density at radius 3 is 1.67 bits per heavy atom. The second-order valence-corrected chi connectivity index (χ2v) is 5.99. The Morgan fingerprint density at radius 1 is 0.852 bits per heavy atom. The molecule has 0 spiro atoms. The average Bonchev–Trinajstić information content (AvgIpc) is 2.69. The largest absolute Gasteiger partial charge is 0.382 e. The Morgan fingerprint density at radius 2 is 1.30 bits per heavy atom. The van der Waals surface area contributed by atoms with E-state index in [0.29, 0.717) is 59.3 Å². The highest BCUT2D eigenvalue weighted by Crippen LogP contribution is 2.24. The summed E-state index contributed by atoms with van der Waals surface area (Å²) in [5.74, 6) is -0.457. The van der Waals surface area contributed by atoms with E-state index < -0.39 is 0 Å². The van der Waals surface area contributed by atoms with Crippen LogP contribution in [0.3, 0.4) is 0 Å². The zero-order valence-electron chi connectivity index (χ0n) is 16.6. The van der Waals surface area contributed by atoms with E-state index in [1.54, 1.807) is 7.11 Å². The van der Waals surface area contributed by atoms with Crippen LogP contribution in [-0.4, -0.2) is 78.3 Å². The molecule has 8 heteroatoms. The van der Waals surface area contributed by atoms with Gasteiger partial charge in [0.15, 0.2) is 0 Å². The molecule has 0 aliphatic heterocycles. The molecule has 0 radical (unpaired) electrons. The van der Waals surface area contributed by atoms with Crippen LogP contribution in [-0.2, 0) is 28.5 Å². The topological polar surface area (TPSA) is 95.1 Å². The Kier molecular flexibility index (Phi) is 15.4. The normalized spacial score (nSPS) is 11.0. The molecule has 0 aromatic rings. The van der Waals surface area contributed by atoms with E-state index in [4.69, 9.17) is 18.9 Å². The van der Waals surface area contributed by atoms with Gasteiger partial charge in [-0.25, -0.2) is 0 Å². The summed E-state index contributed by atoms with van der Waals surface area (Å²) in [5, 5.41) is 5.33. The molecule has 0 aliphatic rings. The minimum absolute atomic E-state index is 0.229. The van der Waals surface area contributed by atoms with Crippen LogP contribution in [0.5, 0.6) is 0 Å². The fourth-order valence-electron chi connectivity index (χ4n) is 2.08. The molecule has 0 saturated carbocycles. The van der Waals surface area contributed by atoms with Crippen molar-refractivity contribution in [3.05, 3.63) is 25.3 Å². The van der Waals surface area contributed by atoms with Gasteiger partial charge in [-0.3, -0.25) is 9.59 Å². The summed E-state index contributed by atoms with van der Waals surface area (Å²) in [6.07, 6.45) is 3.23. The van der Waals surface area contributed by atoms with E-state index in [0.717, 1.165) is 6.42 Å². The molecule has 0 unspecified atom stereocenters. The lowest BCUT2D eigenvalue weighted by Gasteiger charge is -2.32. The molecule has 0 aromatic carbocycles. The predicted molar refractivity (Wildman–Crippen MR) is 103 cm³/mol. The van der Waals surface area contributed by atoms with Gasteiger partial charge in [0.2, 0.25) is 11.8 Å². The van der Waals surface area contributed by atoms with Crippen LogP contribution in [0.25, 0.3) is 0 Å². The summed E-state index contributed by atoms with van der Waals surface area (Å²) in [5.41, 5.74) is -0.321. The highest BCUT2D eigenvalue weighted by atomic mass is 16.5. The smallest absolute Gasteiger partial charge is 0.243 e. The molecule has 2 amide bonds. The summed E-state index contributed by atoms with van der Waals surface area (Å²) < 4.78 is 22.2. The van der Waals surface area contributed by atoms with Crippen LogP contribution in [0.1, 0.15) is 13.3 Å². The van der Waals surface area contributed by atoms with Crippen LogP contribution >= 0.6 is 0 Å². The number of ether oxygens (including phenoxy) is 4. The first-order chi connectivity index (χ1) is 13.0. The number of nitrogens with one attached hydrogen (secondary N) is 2. The lowest BCUT2D eigenvalue weighted by atomic mass is 9.88. The van der Waals surface area contributed by atoms with Crippen molar-refractivity contribution in [2.45, 2.75) is 13.3 Å². The van der Waals surface area contributed by atoms with Gasteiger partial charge in [0.25, 0.3) is 0 Å². The third kappa shape index (κ3) is 13.1. The van der Waals surface area contributed by atoms with Crippen LogP contribution in [0.4, 0.5) is 0 Å². The van der Waals surface area contributed by atoms with Gasteiger partial charge >= 0.3 is 0 Å². The molecule has 0 saturated heterocycles. The summed E-state index contributed by atoms with van der Waals surface area (Å²) in [4.78, 5) is 22.3. The van der Waals surface area contributed by atoms with E-state index in [2.05, 4.69) is 23.8 Å². The molecule has 0 rings (SSSR count). The van der Waals surface area contributed by atoms with Crippen molar-refractivity contribution >= 4 is 11.8 Å². The number of hydrogen-bond acceptors (Lipinski definition) is 6. The van der Waals surface area contributed by atoms with Crippen molar-refractivity contribution in [3.8, 4) is 0 Å². The first-order valence-corrected chi connectivity index (χ1v) is 9.06. The standard InChI is InChI=1S/C19H34N2O6/c1-5-17(22)20-8-10-25-14-19(7-3,16-27-13-12-24-4)15-26-11-9-21-18(23)6-2/h5-6H,1-2,7-16H2,3-4H3,(H,20,22)(H,21,23). The van der Waals surface area contributed by atoms with Crippen LogP contribution in [0.15, 0.2) is 25.3 Å². The van der Waals surface area contributed by atoms with Gasteiger partial charge in [-0.2, -0.15) is 0 Å². The monoisotopic (exact) mass is 386 g/mol. The first kappa shape index (κ1) is 25.3. The van der Waals surface area contributed by atoms with E-state index >= 15 is 0 Å². The van der Waals surface area contributed by atoms with Crippen molar-refractivity contribution < 1.29 is 28.5 Å². The Hall–Kier alpha value is -1.74. The number of amides is 2. The van der Waals surface area contributed by atoms with E-state index in [1.165, 1.54) is 12.2 Å². The molecule has 0 aromatic heterocycles. The van der Waals surface area contributed by atoms with Crippen molar-refractivity contribution in [1.29, 1.82) is 0 Å². The van der Waals surface area contributed by atoms with Crippen molar-refractivity contribution in [3.63, 3.8) is 0 Å². The highest BCUT2D eigenvalue weighted by molar-refractivity contribution is 5.87. The van der Waals surface area contributed by atoms with Gasteiger partial charge in [0.05, 0.1) is 46.2 Å². The quantitative estimate of drug-likeness (QED) is 0.266. The maximum absolute atomic E-state index is 11.1. The van der Waals surface area contributed by atoms with Gasteiger partial charge in [-0.1, -0.05) is 20.1 Å².